The Morgan fingerprint density at radius 2 is 1.53 bits per heavy atom. The summed E-state index contributed by atoms with van der Waals surface area (Å²) in [4.78, 5) is 48.3. The van der Waals surface area contributed by atoms with E-state index >= 15 is 0 Å². The summed E-state index contributed by atoms with van der Waals surface area (Å²) >= 11 is 0. The molecular weight excluding hydrogens is 628 g/mol. The maximum atomic E-state index is 12.3. The molecular formula is C33H44N2O11Si. The number of aliphatic hydroxyl groups is 1. The highest BCUT2D eigenvalue weighted by atomic mass is 28.3. The number of benzene rings is 1. The topological polar surface area (TPSA) is 162 Å². The SMILES string of the molecule is CC(=O)OC[C@H]1O[C@@](O)(Oc2nn(C(C)C)c(C)c2Cc2ccc(C#C[Si](C)(C)C)cc2)[C@H](OC(C)=O)[C@@H](OC(C)=O)[C@@H]1OC(C)=O. The van der Waals surface area contributed by atoms with Crippen LogP contribution in [0, 0.1) is 18.4 Å². The summed E-state index contributed by atoms with van der Waals surface area (Å²) in [5.74, 6) is -2.92. The minimum absolute atomic E-state index is 0.0581. The monoisotopic (exact) mass is 672 g/mol. The maximum Gasteiger partial charge on any atom is 0.369 e. The first-order valence-corrected chi connectivity index (χ1v) is 18.7. The van der Waals surface area contributed by atoms with Gasteiger partial charge in [-0.25, -0.2) is 0 Å². The smallest absolute Gasteiger partial charge is 0.369 e. The molecule has 0 bridgehead atoms. The molecule has 2 aromatic rings. The molecule has 0 spiro atoms. The van der Waals surface area contributed by atoms with E-state index in [4.69, 9.17) is 28.4 Å². The predicted molar refractivity (Wildman–Crippen MR) is 171 cm³/mol. The van der Waals surface area contributed by atoms with Gasteiger partial charge in [-0.2, -0.15) is 0 Å². The van der Waals surface area contributed by atoms with Gasteiger partial charge in [0.2, 0.25) is 12.0 Å². The first-order valence-electron chi connectivity index (χ1n) is 15.2. The molecule has 1 aliphatic heterocycles. The summed E-state index contributed by atoms with van der Waals surface area (Å²) in [6, 6.07) is 7.62. The third-order valence-corrected chi connectivity index (χ3v) is 7.78. The highest BCUT2D eigenvalue weighted by Gasteiger charge is 2.62. The number of hydrogen-bond acceptors (Lipinski definition) is 12. The van der Waals surface area contributed by atoms with Crippen LogP contribution >= 0.6 is 0 Å². The molecule has 0 aliphatic carbocycles. The molecule has 1 N–H and O–H groups in total. The van der Waals surface area contributed by atoms with Crippen molar-refractivity contribution in [3.63, 3.8) is 0 Å². The largest absolute Gasteiger partial charge is 0.463 e. The van der Waals surface area contributed by atoms with Gasteiger partial charge in [0.1, 0.15) is 20.8 Å². The van der Waals surface area contributed by atoms with Crippen molar-refractivity contribution in [3.05, 3.63) is 46.6 Å². The summed E-state index contributed by atoms with van der Waals surface area (Å²) in [5, 5.41) is 16.6. The van der Waals surface area contributed by atoms with E-state index in [0.717, 1.165) is 44.5 Å². The van der Waals surface area contributed by atoms with E-state index in [-0.39, 0.29) is 11.9 Å². The molecule has 3 rings (SSSR count). The van der Waals surface area contributed by atoms with Gasteiger partial charge in [-0.1, -0.05) is 37.7 Å². The zero-order valence-corrected chi connectivity index (χ0v) is 29.5. The van der Waals surface area contributed by atoms with Gasteiger partial charge in [-0.05, 0) is 38.5 Å². The lowest BCUT2D eigenvalue weighted by atomic mass is 9.96. The fraction of sp³-hybridized carbons (Fsp3) is 0.545. The van der Waals surface area contributed by atoms with Crippen molar-refractivity contribution < 1.29 is 52.7 Å². The van der Waals surface area contributed by atoms with Gasteiger partial charge in [0.25, 0.3) is 0 Å². The van der Waals surface area contributed by atoms with Crippen LogP contribution in [0.15, 0.2) is 24.3 Å². The van der Waals surface area contributed by atoms with Crippen LogP contribution in [0.2, 0.25) is 19.6 Å². The quantitative estimate of drug-likeness (QED) is 0.129. The fourth-order valence-electron chi connectivity index (χ4n) is 4.95. The Morgan fingerprint density at radius 1 is 0.957 bits per heavy atom. The first kappa shape index (κ1) is 37.3. The molecule has 1 aliphatic rings. The van der Waals surface area contributed by atoms with Crippen LogP contribution in [0.3, 0.4) is 0 Å². The number of carbonyl (C=O) groups excluding carboxylic acids is 4. The number of rotatable bonds is 10. The second-order valence-electron chi connectivity index (χ2n) is 12.7. The van der Waals surface area contributed by atoms with Crippen LogP contribution in [0.25, 0.3) is 0 Å². The molecule has 1 saturated heterocycles. The van der Waals surface area contributed by atoms with Crippen molar-refractivity contribution in [1.29, 1.82) is 0 Å². The predicted octanol–water partition coefficient (Wildman–Crippen LogP) is 3.37. The standard InChI is InChI=1S/C33H44N2O11Si/c1-19(2)35-20(3)27(17-26-13-11-25(12-14-26)15-16-47(8,9)10)32(34-35)46-33(40)31(44-24(7)39)30(43-23(6)38)29(42-22(5)37)28(45-33)18-41-21(4)36/h11-14,19,28-31,40H,17-18H2,1-10H3/t28-,29-,30+,31-,33-/m1/s1. The van der Waals surface area contributed by atoms with E-state index in [1.807, 2.05) is 45.0 Å². The molecule has 1 fully saturated rings. The summed E-state index contributed by atoms with van der Waals surface area (Å²) < 4.78 is 35.1. The van der Waals surface area contributed by atoms with E-state index in [2.05, 4.69) is 36.2 Å². The van der Waals surface area contributed by atoms with Gasteiger partial charge >= 0.3 is 29.9 Å². The molecule has 0 saturated carbocycles. The fourth-order valence-corrected chi connectivity index (χ4v) is 5.47. The number of ether oxygens (including phenoxy) is 6. The third-order valence-electron chi connectivity index (χ3n) is 6.90. The van der Waals surface area contributed by atoms with Crippen molar-refractivity contribution in [2.45, 2.75) is 111 Å². The molecule has 0 amide bonds. The molecule has 0 unspecified atom stereocenters. The average Bonchev–Trinajstić information content (AvgIpc) is 3.24. The molecule has 1 aromatic heterocycles. The van der Waals surface area contributed by atoms with Crippen molar-refractivity contribution in [2.75, 3.05) is 6.61 Å². The lowest BCUT2D eigenvalue weighted by Crippen LogP contribution is -2.70. The van der Waals surface area contributed by atoms with E-state index in [9.17, 15) is 24.3 Å². The zero-order chi connectivity index (χ0) is 35.3. The van der Waals surface area contributed by atoms with Gasteiger partial charge in [0, 0.05) is 57.0 Å². The Morgan fingerprint density at radius 3 is 2.04 bits per heavy atom. The molecule has 256 valence electrons. The third kappa shape index (κ3) is 10.1. The average molecular weight is 673 g/mol. The van der Waals surface area contributed by atoms with E-state index in [1.165, 1.54) is 0 Å². The van der Waals surface area contributed by atoms with Gasteiger partial charge in [0.05, 0.1) is 0 Å². The lowest BCUT2D eigenvalue weighted by molar-refractivity contribution is -0.422. The normalized spacial score (nSPS) is 22.5. The van der Waals surface area contributed by atoms with Crippen LogP contribution in [-0.4, -0.2) is 83.8 Å². The highest BCUT2D eigenvalue weighted by molar-refractivity contribution is 6.83. The van der Waals surface area contributed by atoms with Crippen molar-refractivity contribution in [3.8, 4) is 17.3 Å². The summed E-state index contributed by atoms with van der Waals surface area (Å²) in [6.07, 6.45) is -6.08. The Labute approximate surface area is 275 Å². The van der Waals surface area contributed by atoms with Crippen LogP contribution < -0.4 is 4.74 Å². The number of esters is 4. The highest BCUT2D eigenvalue weighted by Crippen LogP contribution is 2.38. The molecule has 14 heteroatoms. The van der Waals surface area contributed by atoms with Crippen LogP contribution in [0.5, 0.6) is 5.88 Å². The summed E-state index contributed by atoms with van der Waals surface area (Å²) in [6.45, 7) is 16.1. The second-order valence-corrected chi connectivity index (χ2v) is 17.4. The minimum Gasteiger partial charge on any atom is -0.463 e. The number of nitrogens with zero attached hydrogens (tertiary/aromatic N) is 2. The van der Waals surface area contributed by atoms with Crippen LogP contribution in [0.1, 0.15) is 70.0 Å². The Hall–Kier alpha value is -4.19. The number of hydrogen-bond donors (Lipinski definition) is 1. The molecule has 1 aromatic carbocycles. The number of carbonyl (C=O) groups is 4. The van der Waals surface area contributed by atoms with Crippen molar-refractivity contribution in [2.24, 2.45) is 0 Å². The summed E-state index contributed by atoms with van der Waals surface area (Å²) in [7, 11) is -1.56. The van der Waals surface area contributed by atoms with Gasteiger partial charge < -0.3 is 33.5 Å². The Balaban J connectivity index is 2.12. The van der Waals surface area contributed by atoms with Crippen molar-refractivity contribution >= 4 is 32.0 Å². The van der Waals surface area contributed by atoms with E-state index in [1.54, 1.807) is 4.68 Å². The lowest BCUT2D eigenvalue weighted by Gasteiger charge is -2.47. The van der Waals surface area contributed by atoms with Gasteiger partial charge in [-0.15, -0.1) is 10.6 Å². The summed E-state index contributed by atoms with van der Waals surface area (Å²) in [5.41, 5.74) is 6.44. The molecule has 13 nitrogen and oxygen atoms in total. The van der Waals surface area contributed by atoms with Crippen LogP contribution in [-0.2, 0) is 49.3 Å². The Bertz CT molecular complexity index is 1530. The zero-order valence-electron chi connectivity index (χ0n) is 28.5. The Kier molecular flexibility index (Phi) is 12.0. The van der Waals surface area contributed by atoms with Crippen molar-refractivity contribution in [1.82, 2.24) is 9.78 Å². The molecule has 0 radical (unpaired) electrons. The molecule has 5 atom stereocenters. The molecule has 47 heavy (non-hydrogen) atoms. The van der Waals surface area contributed by atoms with Gasteiger partial charge in [0.15, 0.2) is 12.2 Å². The van der Waals surface area contributed by atoms with E-state index < -0.39 is 68.9 Å². The van der Waals surface area contributed by atoms with E-state index in [0.29, 0.717) is 12.0 Å². The van der Waals surface area contributed by atoms with Gasteiger partial charge in [-0.3, -0.25) is 23.9 Å². The maximum absolute atomic E-state index is 12.3. The number of aromatic nitrogens is 2. The second kappa shape index (κ2) is 15.1. The molecule has 2 heterocycles. The first-order chi connectivity index (χ1) is 21.8. The minimum atomic E-state index is -2.86. The van der Waals surface area contributed by atoms with Crippen LogP contribution in [0.4, 0.5) is 0 Å².